The molecule has 1 amide bonds. The van der Waals surface area contributed by atoms with Crippen molar-refractivity contribution >= 4 is 21.8 Å². The number of nitrogens with one attached hydrogen (secondary N) is 1. The molecule has 5 heteroatoms. The Bertz CT molecular complexity index is 450. The normalized spacial score (nSPS) is 23.7. The SMILES string of the molecule is CC1CC(NC(=O)c2ccc(Br)cc2O)CCO1. The number of hydrogen-bond acceptors (Lipinski definition) is 3. The number of phenolic OH excluding ortho intramolecular Hbond substituents is 1. The average Bonchev–Trinajstić information content (AvgIpc) is 2.28. The van der Waals surface area contributed by atoms with E-state index in [1.807, 2.05) is 6.92 Å². The molecule has 4 nitrogen and oxygen atoms in total. The van der Waals surface area contributed by atoms with Crippen LogP contribution in [0.1, 0.15) is 30.1 Å². The second-order valence-electron chi connectivity index (χ2n) is 4.54. The molecule has 1 heterocycles. The lowest BCUT2D eigenvalue weighted by molar-refractivity contribution is 0.0136. The minimum absolute atomic E-state index is 0.0121. The second kappa shape index (κ2) is 5.71. The van der Waals surface area contributed by atoms with Crippen LogP contribution >= 0.6 is 15.9 Å². The standard InChI is InChI=1S/C13H16BrNO3/c1-8-6-10(4-5-18-8)15-13(17)11-3-2-9(14)7-12(11)16/h2-3,7-8,10,16H,4-6H2,1H3,(H,15,17). The summed E-state index contributed by atoms with van der Waals surface area (Å²) in [6.45, 7) is 2.66. The molecule has 0 spiro atoms. The maximum atomic E-state index is 12.0. The van der Waals surface area contributed by atoms with Crippen molar-refractivity contribution in [3.05, 3.63) is 28.2 Å². The van der Waals surface area contributed by atoms with Gasteiger partial charge in [0.2, 0.25) is 0 Å². The van der Waals surface area contributed by atoms with Gasteiger partial charge in [-0.2, -0.15) is 0 Å². The monoisotopic (exact) mass is 313 g/mol. The number of phenols is 1. The Balaban J connectivity index is 2.03. The molecule has 2 atom stereocenters. The Hall–Kier alpha value is -1.07. The summed E-state index contributed by atoms with van der Waals surface area (Å²) in [7, 11) is 0. The lowest BCUT2D eigenvalue weighted by atomic mass is 10.0. The number of halogens is 1. The molecule has 1 aliphatic rings. The van der Waals surface area contributed by atoms with Crippen molar-refractivity contribution < 1.29 is 14.6 Å². The highest BCUT2D eigenvalue weighted by Gasteiger charge is 2.22. The van der Waals surface area contributed by atoms with Crippen molar-refractivity contribution in [2.75, 3.05) is 6.61 Å². The van der Waals surface area contributed by atoms with Crippen molar-refractivity contribution in [1.82, 2.24) is 5.32 Å². The van der Waals surface area contributed by atoms with Crippen LogP contribution < -0.4 is 5.32 Å². The zero-order valence-electron chi connectivity index (χ0n) is 10.1. The molecule has 98 valence electrons. The largest absolute Gasteiger partial charge is 0.507 e. The van der Waals surface area contributed by atoms with Crippen LogP contribution in [0.4, 0.5) is 0 Å². The third-order valence-corrected chi connectivity index (χ3v) is 3.52. The minimum Gasteiger partial charge on any atom is -0.507 e. The predicted molar refractivity (Wildman–Crippen MR) is 71.7 cm³/mol. The first-order valence-corrected chi connectivity index (χ1v) is 6.76. The smallest absolute Gasteiger partial charge is 0.255 e. The van der Waals surface area contributed by atoms with E-state index in [2.05, 4.69) is 21.2 Å². The van der Waals surface area contributed by atoms with Crippen LogP contribution in [0, 0.1) is 0 Å². The van der Waals surface area contributed by atoms with Crippen molar-refractivity contribution in [3.8, 4) is 5.75 Å². The van der Waals surface area contributed by atoms with Gasteiger partial charge in [0.25, 0.3) is 5.91 Å². The van der Waals surface area contributed by atoms with E-state index in [0.29, 0.717) is 12.2 Å². The molecule has 0 radical (unpaired) electrons. The van der Waals surface area contributed by atoms with E-state index in [4.69, 9.17) is 4.74 Å². The molecule has 1 aromatic carbocycles. The molecular formula is C13H16BrNO3. The molecule has 1 aliphatic heterocycles. The van der Waals surface area contributed by atoms with E-state index in [1.54, 1.807) is 12.1 Å². The third-order valence-electron chi connectivity index (χ3n) is 3.02. The van der Waals surface area contributed by atoms with Crippen LogP contribution in [0.15, 0.2) is 22.7 Å². The molecule has 0 aromatic heterocycles. The summed E-state index contributed by atoms with van der Waals surface area (Å²) in [5.41, 5.74) is 0.303. The predicted octanol–water partition coefficient (Wildman–Crippen LogP) is 2.45. The summed E-state index contributed by atoms with van der Waals surface area (Å²) in [6, 6.07) is 4.98. The number of aromatic hydroxyl groups is 1. The van der Waals surface area contributed by atoms with Crippen LogP contribution in [0.2, 0.25) is 0 Å². The van der Waals surface area contributed by atoms with Gasteiger partial charge in [0, 0.05) is 17.1 Å². The fraction of sp³-hybridized carbons (Fsp3) is 0.462. The van der Waals surface area contributed by atoms with E-state index >= 15 is 0 Å². The van der Waals surface area contributed by atoms with Crippen LogP contribution in [0.3, 0.4) is 0 Å². The molecule has 2 N–H and O–H groups in total. The lowest BCUT2D eigenvalue weighted by Crippen LogP contribution is -2.41. The lowest BCUT2D eigenvalue weighted by Gasteiger charge is -2.28. The first kappa shape index (κ1) is 13.4. The Labute approximate surface area is 114 Å². The topological polar surface area (TPSA) is 58.6 Å². The Morgan fingerprint density at radius 2 is 2.33 bits per heavy atom. The van der Waals surface area contributed by atoms with Crippen molar-refractivity contribution in [2.24, 2.45) is 0 Å². The molecule has 18 heavy (non-hydrogen) atoms. The van der Waals surface area contributed by atoms with E-state index in [-0.39, 0.29) is 23.8 Å². The van der Waals surface area contributed by atoms with E-state index in [0.717, 1.165) is 17.3 Å². The zero-order valence-corrected chi connectivity index (χ0v) is 11.7. The molecule has 0 aliphatic carbocycles. The van der Waals surface area contributed by atoms with Gasteiger partial charge >= 0.3 is 0 Å². The molecule has 1 fully saturated rings. The fourth-order valence-electron chi connectivity index (χ4n) is 2.09. The van der Waals surface area contributed by atoms with Crippen LogP contribution in [-0.2, 0) is 4.74 Å². The number of benzene rings is 1. The van der Waals surface area contributed by atoms with Crippen molar-refractivity contribution in [1.29, 1.82) is 0 Å². The van der Waals surface area contributed by atoms with E-state index in [1.165, 1.54) is 6.07 Å². The molecule has 1 saturated heterocycles. The molecule has 0 saturated carbocycles. The summed E-state index contributed by atoms with van der Waals surface area (Å²) >= 11 is 3.24. The first-order valence-electron chi connectivity index (χ1n) is 5.97. The second-order valence-corrected chi connectivity index (χ2v) is 5.45. The average molecular weight is 314 g/mol. The fourth-order valence-corrected chi connectivity index (χ4v) is 2.44. The minimum atomic E-state index is -0.237. The first-order chi connectivity index (χ1) is 8.56. The van der Waals surface area contributed by atoms with Crippen LogP contribution in [0.5, 0.6) is 5.75 Å². The number of rotatable bonds is 2. The maximum Gasteiger partial charge on any atom is 0.255 e. The highest BCUT2D eigenvalue weighted by Crippen LogP contribution is 2.23. The van der Waals surface area contributed by atoms with Gasteiger partial charge in [-0.25, -0.2) is 0 Å². The molecule has 2 unspecified atom stereocenters. The van der Waals surface area contributed by atoms with Gasteiger partial charge in [-0.1, -0.05) is 15.9 Å². The number of carbonyl (C=O) groups excluding carboxylic acids is 1. The number of amides is 1. The Morgan fingerprint density at radius 3 is 3.00 bits per heavy atom. The summed E-state index contributed by atoms with van der Waals surface area (Å²) in [5.74, 6) is -0.249. The van der Waals surface area contributed by atoms with Crippen LogP contribution in [0.25, 0.3) is 0 Å². The van der Waals surface area contributed by atoms with Gasteiger partial charge in [-0.05, 0) is 38.0 Å². The molecule has 2 rings (SSSR count). The number of carbonyl (C=O) groups is 1. The van der Waals surface area contributed by atoms with E-state index < -0.39 is 0 Å². The quantitative estimate of drug-likeness (QED) is 0.881. The van der Waals surface area contributed by atoms with Gasteiger partial charge in [0.15, 0.2) is 0 Å². The van der Waals surface area contributed by atoms with Crippen LogP contribution in [-0.4, -0.2) is 29.8 Å². The maximum absolute atomic E-state index is 12.0. The summed E-state index contributed by atoms with van der Waals surface area (Å²) < 4.78 is 6.17. The van der Waals surface area contributed by atoms with Gasteiger partial charge in [0.05, 0.1) is 11.7 Å². The number of ether oxygens (including phenoxy) is 1. The highest BCUT2D eigenvalue weighted by molar-refractivity contribution is 9.10. The number of hydrogen-bond donors (Lipinski definition) is 2. The van der Waals surface area contributed by atoms with Gasteiger partial charge in [0.1, 0.15) is 5.75 Å². The molecule has 0 bridgehead atoms. The van der Waals surface area contributed by atoms with Gasteiger partial charge < -0.3 is 15.2 Å². The third kappa shape index (κ3) is 3.23. The van der Waals surface area contributed by atoms with Crippen molar-refractivity contribution in [3.63, 3.8) is 0 Å². The summed E-state index contributed by atoms with van der Waals surface area (Å²) in [4.78, 5) is 12.0. The molecule has 1 aromatic rings. The Morgan fingerprint density at radius 1 is 1.56 bits per heavy atom. The molecular weight excluding hydrogens is 298 g/mol. The highest BCUT2D eigenvalue weighted by atomic mass is 79.9. The van der Waals surface area contributed by atoms with Gasteiger partial charge in [-0.15, -0.1) is 0 Å². The summed E-state index contributed by atoms with van der Waals surface area (Å²) in [6.07, 6.45) is 1.79. The van der Waals surface area contributed by atoms with E-state index in [9.17, 15) is 9.90 Å². The zero-order chi connectivity index (χ0) is 13.1. The van der Waals surface area contributed by atoms with Gasteiger partial charge in [-0.3, -0.25) is 4.79 Å². The Kier molecular flexibility index (Phi) is 4.24. The van der Waals surface area contributed by atoms with Crippen molar-refractivity contribution in [2.45, 2.75) is 31.9 Å². The summed E-state index contributed by atoms with van der Waals surface area (Å²) in [5, 5.41) is 12.7.